The van der Waals surface area contributed by atoms with Crippen LogP contribution in [0.4, 0.5) is 10.2 Å². The molecule has 4 aromatic rings. The third-order valence-corrected chi connectivity index (χ3v) is 7.95. The van der Waals surface area contributed by atoms with Crippen LogP contribution in [0.5, 0.6) is 0 Å². The highest BCUT2D eigenvalue weighted by Crippen LogP contribution is 2.46. The van der Waals surface area contributed by atoms with E-state index < -0.39 is 17.7 Å². The molecule has 0 aliphatic heterocycles. The van der Waals surface area contributed by atoms with Gasteiger partial charge in [0.2, 0.25) is 0 Å². The number of aromatic nitrogens is 4. The van der Waals surface area contributed by atoms with E-state index in [1.165, 1.54) is 12.3 Å². The Morgan fingerprint density at radius 3 is 2.76 bits per heavy atom. The van der Waals surface area contributed by atoms with Gasteiger partial charge in [0, 0.05) is 29.3 Å². The predicted octanol–water partition coefficient (Wildman–Crippen LogP) is 5.19. The number of thiophene rings is 1. The summed E-state index contributed by atoms with van der Waals surface area (Å²) in [4.78, 5) is 29.8. The number of rotatable bonds is 5. The molecule has 33 heavy (non-hydrogen) atoms. The van der Waals surface area contributed by atoms with Gasteiger partial charge in [0.25, 0.3) is 0 Å². The zero-order chi connectivity index (χ0) is 22.5. The molecule has 0 aromatic carbocycles. The highest BCUT2D eigenvalue weighted by molar-refractivity contribution is 7.13. The minimum Gasteiger partial charge on any atom is -0.481 e. The molecule has 7 nitrogen and oxygen atoms in total. The van der Waals surface area contributed by atoms with E-state index in [2.05, 4.69) is 15.3 Å². The molecule has 3 aliphatic rings. The fourth-order valence-electron chi connectivity index (χ4n) is 5.54. The number of carboxylic acids is 1. The Balaban J connectivity index is 1.45. The van der Waals surface area contributed by atoms with Crippen molar-refractivity contribution < 1.29 is 14.3 Å². The van der Waals surface area contributed by atoms with Crippen LogP contribution >= 0.6 is 11.3 Å². The molecule has 4 heterocycles. The molecule has 4 aromatic heterocycles. The second-order valence-electron chi connectivity index (χ2n) is 8.90. The normalized spacial score (nSPS) is 24.3. The summed E-state index contributed by atoms with van der Waals surface area (Å²) in [6, 6.07) is 7.07. The maximum absolute atomic E-state index is 13.9. The van der Waals surface area contributed by atoms with Crippen LogP contribution in [0.3, 0.4) is 0 Å². The maximum Gasteiger partial charge on any atom is 0.308 e. The zero-order valence-electron chi connectivity index (χ0n) is 17.7. The molecule has 3 saturated carbocycles. The number of aromatic amines is 1. The zero-order valence-corrected chi connectivity index (χ0v) is 18.5. The first-order valence-electron chi connectivity index (χ1n) is 11.1. The molecule has 0 radical (unpaired) electrons. The average Bonchev–Trinajstić information content (AvgIpc) is 3.49. The summed E-state index contributed by atoms with van der Waals surface area (Å²) >= 11 is 1.57. The van der Waals surface area contributed by atoms with Crippen LogP contribution in [0.25, 0.3) is 33.0 Å². The van der Waals surface area contributed by atoms with Gasteiger partial charge in [0.05, 0.1) is 22.7 Å². The summed E-state index contributed by atoms with van der Waals surface area (Å²) < 4.78 is 13.9. The second kappa shape index (κ2) is 7.91. The molecule has 3 N–H and O–H groups in total. The molecular weight excluding hydrogens is 441 g/mol. The summed E-state index contributed by atoms with van der Waals surface area (Å²) in [5.74, 6) is -0.0587. The number of fused-ring (bicyclic) bond motifs is 4. The van der Waals surface area contributed by atoms with Crippen molar-refractivity contribution in [1.29, 1.82) is 0 Å². The van der Waals surface area contributed by atoms with Crippen molar-refractivity contribution in [3.05, 3.63) is 47.9 Å². The van der Waals surface area contributed by atoms with E-state index in [4.69, 9.17) is 9.97 Å². The topological polar surface area (TPSA) is 104 Å². The number of halogens is 1. The van der Waals surface area contributed by atoms with Gasteiger partial charge >= 0.3 is 5.97 Å². The van der Waals surface area contributed by atoms with Gasteiger partial charge in [-0.2, -0.15) is 0 Å². The molecular formula is C24H22FN5O2S. The molecule has 0 saturated heterocycles. The Morgan fingerprint density at radius 1 is 1.18 bits per heavy atom. The van der Waals surface area contributed by atoms with Gasteiger partial charge in [-0.3, -0.25) is 4.79 Å². The summed E-state index contributed by atoms with van der Waals surface area (Å²) in [5, 5.41) is 16.0. The van der Waals surface area contributed by atoms with Crippen LogP contribution in [0.1, 0.15) is 25.7 Å². The van der Waals surface area contributed by atoms with Gasteiger partial charge in [0.15, 0.2) is 5.82 Å². The number of carbonyl (C=O) groups is 1. The Hall–Kier alpha value is -3.33. The minimum atomic E-state index is -0.743. The van der Waals surface area contributed by atoms with Crippen molar-refractivity contribution in [2.45, 2.75) is 31.7 Å². The lowest BCUT2D eigenvalue weighted by Gasteiger charge is -2.47. The number of nitrogens with one attached hydrogen (secondary N) is 2. The lowest BCUT2D eigenvalue weighted by molar-refractivity contribution is -0.148. The van der Waals surface area contributed by atoms with Crippen molar-refractivity contribution in [3.8, 4) is 22.0 Å². The van der Waals surface area contributed by atoms with Crippen molar-refractivity contribution in [2.24, 2.45) is 17.8 Å². The number of hydrogen-bond donors (Lipinski definition) is 3. The Bertz CT molecular complexity index is 1330. The average molecular weight is 464 g/mol. The summed E-state index contributed by atoms with van der Waals surface area (Å²) in [6.07, 6.45) is 6.93. The molecule has 2 unspecified atom stereocenters. The smallest absolute Gasteiger partial charge is 0.308 e. The van der Waals surface area contributed by atoms with Gasteiger partial charge < -0.3 is 15.4 Å². The second-order valence-corrected chi connectivity index (χ2v) is 9.85. The molecule has 3 aliphatic carbocycles. The van der Waals surface area contributed by atoms with Crippen LogP contribution in [-0.2, 0) is 4.79 Å². The monoisotopic (exact) mass is 463 g/mol. The van der Waals surface area contributed by atoms with Gasteiger partial charge in [-0.05, 0) is 55.0 Å². The highest BCUT2D eigenvalue weighted by Gasteiger charge is 2.47. The molecule has 2 atom stereocenters. The van der Waals surface area contributed by atoms with Crippen LogP contribution in [-0.4, -0.2) is 37.1 Å². The number of pyridine rings is 1. The van der Waals surface area contributed by atoms with Crippen molar-refractivity contribution in [2.75, 3.05) is 5.32 Å². The third-order valence-electron chi connectivity index (χ3n) is 7.06. The Morgan fingerprint density at radius 2 is 2.00 bits per heavy atom. The van der Waals surface area contributed by atoms with E-state index in [-0.39, 0.29) is 12.0 Å². The molecule has 3 fully saturated rings. The Labute approximate surface area is 193 Å². The highest BCUT2D eigenvalue weighted by atomic mass is 32.1. The van der Waals surface area contributed by atoms with Crippen LogP contribution in [0.2, 0.25) is 0 Å². The fraction of sp³-hybridized carbons (Fsp3) is 0.333. The SMILES string of the molecule is O=C(O)C1C2CCC(CC2)C1Nc1cc(-c2cccs2)nc(-c2c[nH]c3ncc(F)cc23)n1. The predicted molar refractivity (Wildman–Crippen MR) is 124 cm³/mol. The number of H-pyrrole nitrogens is 1. The quantitative estimate of drug-likeness (QED) is 0.376. The molecule has 9 heteroatoms. The van der Waals surface area contributed by atoms with Crippen LogP contribution in [0.15, 0.2) is 42.0 Å². The van der Waals surface area contributed by atoms with Gasteiger partial charge in [0.1, 0.15) is 17.3 Å². The molecule has 2 bridgehead atoms. The summed E-state index contributed by atoms with van der Waals surface area (Å²) in [7, 11) is 0. The number of aliphatic carboxylic acids is 1. The first-order chi connectivity index (χ1) is 16.1. The molecule has 0 spiro atoms. The van der Waals surface area contributed by atoms with E-state index >= 15 is 0 Å². The fourth-order valence-corrected chi connectivity index (χ4v) is 6.22. The lowest BCUT2D eigenvalue weighted by atomic mass is 9.61. The standard InChI is InChI=1S/C24H22FN5O2S/c25-14-8-15-16(11-27-22(15)26-10-14)23-28-17(18-2-1-7-33-18)9-19(30-23)29-21-13-5-3-12(4-6-13)20(21)24(31)32/h1-2,7-13,20-21H,3-6H2,(H,26,27)(H,31,32)(H,28,29,30). The first-order valence-corrected chi connectivity index (χ1v) is 12.0. The van der Waals surface area contributed by atoms with Crippen molar-refractivity contribution in [3.63, 3.8) is 0 Å². The largest absolute Gasteiger partial charge is 0.481 e. The number of anilines is 1. The van der Waals surface area contributed by atoms with Gasteiger partial charge in [-0.1, -0.05) is 6.07 Å². The maximum atomic E-state index is 13.9. The lowest BCUT2D eigenvalue weighted by Crippen LogP contribution is -2.51. The first kappa shape index (κ1) is 20.3. The van der Waals surface area contributed by atoms with E-state index in [1.54, 1.807) is 17.5 Å². The van der Waals surface area contributed by atoms with Crippen LogP contribution in [0, 0.1) is 23.6 Å². The van der Waals surface area contributed by atoms with E-state index in [0.29, 0.717) is 34.2 Å². The van der Waals surface area contributed by atoms with Crippen molar-refractivity contribution in [1.82, 2.24) is 19.9 Å². The van der Waals surface area contributed by atoms with E-state index in [1.807, 2.05) is 23.6 Å². The van der Waals surface area contributed by atoms with Gasteiger partial charge in [-0.15, -0.1) is 11.3 Å². The van der Waals surface area contributed by atoms with E-state index in [0.717, 1.165) is 36.3 Å². The number of nitrogens with zero attached hydrogens (tertiary/aromatic N) is 3. The summed E-state index contributed by atoms with van der Waals surface area (Å²) in [6.45, 7) is 0. The number of carboxylic acid groups (broad SMARTS) is 1. The van der Waals surface area contributed by atoms with Crippen LogP contribution < -0.4 is 5.32 Å². The molecule has 168 valence electrons. The van der Waals surface area contributed by atoms with Gasteiger partial charge in [-0.25, -0.2) is 19.3 Å². The van der Waals surface area contributed by atoms with E-state index in [9.17, 15) is 14.3 Å². The molecule has 7 rings (SSSR count). The number of hydrogen-bond acceptors (Lipinski definition) is 6. The molecule has 0 amide bonds. The minimum absolute atomic E-state index is 0.170. The third kappa shape index (κ3) is 3.56. The van der Waals surface area contributed by atoms with Crippen molar-refractivity contribution >= 4 is 34.2 Å². The Kier molecular flexibility index (Phi) is 4.86. The summed E-state index contributed by atoms with van der Waals surface area (Å²) in [5.41, 5.74) is 1.95.